The smallest absolute Gasteiger partial charge is 0.259 e. The molecule has 2 aromatic rings. The third-order valence-electron chi connectivity index (χ3n) is 4.92. The molecule has 3 rings (SSSR count). The van der Waals surface area contributed by atoms with Gasteiger partial charge in [0.1, 0.15) is 11.3 Å². The summed E-state index contributed by atoms with van der Waals surface area (Å²) >= 11 is 6.13. The highest BCUT2D eigenvalue weighted by Crippen LogP contribution is 2.26. The van der Waals surface area contributed by atoms with Crippen LogP contribution in [0.2, 0.25) is 5.02 Å². The third kappa shape index (κ3) is 4.28. The summed E-state index contributed by atoms with van der Waals surface area (Å²) in [5.74, 6) is 1.64. The minimum atomic E-state index is 0.0115. The second-order valence-electron chi connectivity index (χ2n) is 7.19. The molecule has 1 amide bonds. The lowest BCUT2D eigenvalue weighted by Gasteiger charge is -2.35. The van der Waals surface area contributed by atoms with Crippen molar-refractivity contribution >= 4 is 17.5 Å². The number of halogens is 1. The topological polar surface area (TPSA) is 58.8 Å². The lowest BCUT2D eigenvalue weighted by atomic mass is 10.0. The average molecular weight is 392 g/mol. The first-order valence-corrected chi connectivity index (χ1v) is 9.58. The van der Waals surface area contributed by atoms with Gasteiger partial charge in [-0.25, -0.2) is 0 Å². The van der Waals surface area contributed by atoms with E-state index in [4.69, 9.17) is 20.9 Å². The van der Waals surface area contributed by atoms with Crippen molar-refractivity contribution in [2.75, 3.05) is 33.3 Å². The zero-order chi connectivity index (χ0) is 19.6. The number of aromatic nitrogens is 1. The van der Waals surface area contributed by atoms with Gasteiger partial charge in [0, 0.05) is 49.2 Å². The maximum Gasteiger partial charge on any atom is 0.259 e. The van der Waals surface area contributed by atoms with Gasteiger partial charge in [-0.1, -0.05) is 30.6 Å². The lowest BCUT2D eigenvalue weighted by Crippen LogP contribution is -2.48. The molecule has 1 aromatic carbocycles. The molecule has 1 saturated heterocycles. The molecule has 0 aliphatic carbocycles. The highest BCUT2D eigenvalue weighted by Gasteiger charge is 2.29. The fraction of sp³-hybridized carbons (Fsp3) is 0.500. The Kier molecular flexibility index (Phi) is 6.07. The Morgan fingerprint density at radius 2 is 2.00 bits per heavy atom. The van der Waals surface area contributed by atoms with E-state index < -0.39 is 0 Å². The van der Waals surface area contributed by atoms with Gasteiger partial charge in [-0.05, 0) is 25.1 Å². The Labute approximate surface area is 165 Å². The molecule has 27 heavy (non-hydrogen) atoms. The van der Waals surface area contributed by atoms with E-state index in [1.54, 1.807) is 7.11 Å². The summed E-state index contributed by atoms with van der Waals surface area (Å²) in [6.07, 6.45) is 0. The van der Waals surface area contributed by atoms with Gasteiger partial charge < -0.3 is 14.2 Å². The molecule has 1 aromatic heterocycles. The van der Waals surface area contributed by atoms with Crippen LogP contribution in [0.1, 0.15) is 47.1 Å². The highest BCUT2D eigenvalue weighted by molar-refractivity contribution is 6.30. The van der Waals surface area contributed by atoms with E-state index in [0.717, 1.165) is 30.9 Å². The SMILES string of the molecule is COc1ccc(Cl)cc1CN1CCN(C(=O)c2c(C)noc2C(C)C)CC1. The van der Waals surface area contributed by atoms with Crippen LogP contribution >= 0.6 is 11.6 Å². The number of hydrogen-bond acceptors (Lipinski definition) is 5. The number of piperazine rings is 1. The Bertz CT molecular complexity index is 811. The third-order valence-corrected chi connectivity index (χ3v) is 5.16. The summed E-state index contributed by atoms with van der Waals surface area (Å²) in [4.78, 5) is 17.2. The van der Waals surface area contributed by atoms with Crippen molar-refractivity contribution < 1.29 is 14.1 Å². The molecule has 6 nitrogen and oxygen atoms in total. The van der Waals surface area contributed by atoms with Crippen LogP contribution in [0.25, 0.3) is 0 Å². The Morgan fingerprint density at radius 3 is 2.63 bits per heavy atom. The van der Waals surface area contributed by atoms with Gasteiger partial charge in [-0.15, -0.1) is 0 Å². The molecule has 0 spiro atoms. The summed E-state index contributed by atoms with van der Waals surface area (Å²) in [7, 11) is 1.66. The van der Waals surface area contributed by atoms with Crippen molar-refractivity contribution in [3.8, 4) is 5.75 Å². The van der Waals surface area contributed by atoms with Gasteiger partial charge in [0.15, 0.2) is 5.76 Å². The van der Waals surface area contributed by atoms with E-state index in [-0.39, 0.29) is 11.8 Å². The van der Waals surface area contributed by atoms with Crippen molar-refractivity contribution in [1.29, 1.82) is 0 Å². The first-order valence-electron chi connectivity index (χ1n) is 9.21. The van der Waals surface area contributed by atoms with Crippen molar-refractivity contribution in [3.05, 3.63) is 45.8 Å². The van der Waals surface area contributed by atoms with E-state index in [9.17, 15) is 4.79 Å². The standard InChI is InChI=1S/C20H26ClN3O3/c1-13(2)19-18(14(3)22-27-19)20(25)24-9-7-23(8-10-24)12-15-11-16(21)5-6-17(15)26-4/h5-6,11,13H,7-10,12H2,1-4H3. The molecule has 0 N–H and O–H groups in total. The van der Waals surface area contributed by atoms with Crippen LogP contribution in [0.3, 0.4) is 0 Å². The highest BCUT2D eigenvalue weighted by atomic mass is 35.5. The predicted octanol–water partition coefficient (Wildman–Crippen LogP) is 3.73. The molecule has 7 heteroatoms. The molecule has 146 valence electrons. The second-order valence-corrected chi connectivity index (χ2v) is 7.62. The Hall–Kier alpha value is -2.05. The first kappa shape index (κ1) is 19.7. The molecular formula is C20H26ClN3O3. The molecule has 0 saturated carbocycles. The largest absolute Gasteiger partial charge is 0.496 e. The summed E-state index contributed by atoms with van der Waals surface area (Å²) < 4.78 is 10.8. The number of rotatable bonds is 5. The molecule has 1 fully saturated rings. The summed E-state index contributed by atoms with van der Waals surface area (Å²) in [6, 6.07) is 5.65. The average Bonchev–Trinajstić information content (AvgIpc) is 3.04. The van der Waals surface area contributed by atoms with Gasteiger partial charge >= 0.3 is 0 Å². The van der Waals surface area contributed by atoms with Crippen LogP contribution in [-0.4, -0.2) is 54.2 Å². The molecule has 0 radical (unpaired) electrons. The lowest BCUT2D eigenvalue weighted by molar-refractivity contribution is 0.0624. The zero-order valence-electron chi connectivity index (χ0n) is 16.3. The number of nitrogens with zero attached hydrogens (tertiary/aromatic N) is 3. The van der Waals surface area contributed by atoms with Gasteiger partial charge in [-0.3, -0.25) is 9.69 Å². The molecule has 1 aliphatic heterocycles. The van der Waals surface area contributed by atoms with Crippen LogP contribution in [0.5, 0.6) is 5.75 Å². The Balaban J connectivity index is 1.65. The van der Waals surface area contributed by atoms with Gasteiger partial charge in [0.05, 0.1) is 12.8 Å². The zero-order valence-corrected chi connectivity index (χ0v) is 17.0. The first-order chi connectivity index (χ1) is 12.9. The van der Waals surface area contributed by atoms with Gasteiger partial charge in [0.25, 0.3) is 5.91 Å². The second kappa shape index (κ2) is 8.31. The van der Waals surface area contributed by atoms with Crippen LogP contribution in [0.4, 0.5) is 0 Å². The minimum Gasteiger partial charge on any atom is -0.496 e. The van der Waals surface area contributed by atoms with E-state index >= 15 is 0 Å². The van der Waals surface area contributed by atoms with Crippen molar-refractivity contribution in [2.24, 2.45) is 0 Å². The number of carbonyl (C=O) groups is 1. The van der Waals surface area contributed by atoms with Crippen LogP contribution in [-0.2, 0) is 6.54 Å². The van der Waals surface area contributed by atoms with Crippen molar-refractivity contribution in [3.63, 3.8) is 0 Å². The number of hydrogen-bond donors (Lipinski definition) is 0. The maximum atomic E-state index is 13.0. The van der Waals surface area contributed by atoms with E-state index in [2.05, 4.69) is 10.1 Å². The molecule has 0 atom stereocenters. The van der Waals surface area contributed by atoms with E-state index in [0.29, 0.717) is 35.1 Å². The molecule has 1 aliphatic rings. The normalized spacial score (nSPS) is 15.4. The van der Waals surface area contributed by atoms with Crippen molar-refractivity contribution in [1.82, 2.24) is 15.0 Å². The monoisotopic (exact) mass is 391 g/mol. The maximum absolute atomic E-state index is 13.0. The molecule has 2 heterocycles. The summed E-state index contributed by atoms with van der Waals surface area (Å²) in [5.41, 5.74) is 2.34. The van der Waals surface area contributed by atoms with Gasteiger partial charge in [0.2, 0.25) is 0 Å². The Morgan fingerprint density at radius 1 is 1.30 bits per heavy atom. The quantitative estimate of drug-likeness (QED) is 0.777. The number of benzene rings is 1. The number of carbonyl (C=O) groups excluding carboxylic acids is 1. The van der Waals surface area contributed by atoms with Crippen LogP contribution in [0.15, 0.2) is 22.7 Å². The fourth-order valence-corrected chi connectivity index (χ4v) is 3.61. The fourth-order valence-electron chi connectivity index (χ4n) is 3.42. The van der Waals surface area contributed by atoms with Crippen LogP contribution < -0.4 is 4.74 Å². The number of ether oxygens (including phenoxy) is 1. The summed E-state index contributed by atoms with van der Waals surface area (Å²) in [6.45, 7) is 9.51. The number of methoxy groups -OCH3 is 1. The van der Waals surface area contributed by atoms with E-state index in [1.165, 1.54) is 0 Å². The summed E-state index contributed by atoms with van der Waals surface area (Å²) in [5, 5.41) is 4.69. The van der Waals surface area contributed by atoms with Gasteiger partial charge in [-0.2, -0.15) is 0 Å². The number of amides is 1. The predicted molar refractivity (Wildman–Crippen MR) is 105 cm³/mol. The molecule has 0 bridgehead atoms. The van der Waals surface area contributed by atoms with E-state index in [1.807, 2.05) is 43.9 Å². The molecular weight excluding hydrogens is 366 g/mol. The van der Waals surface area contributed by atoms with Crippen LogP contribution in [0, 0.1) is 6.92 Å². The molecule has 0 unspecified atom stereocenters. The number of aryl methyl sites for hydroxylation is 1. The minimum absolute atomic E-state index is 0.0115. The van der Waals surface area contributed by atoms with Crippen molar-refractivity contribution in [2.45, 2.75) is 33.2 Å².